The van der Waals surface area contributed by atoms with Crippen molar-refractivity contribution in [2.24, 2.45) is 11.7 Å². The summed E-state index contributed by atoms with van der Waals surface area (Å²) in [4.78, 5) is 25.3. The fourth-order valence-corrected chi connectivity index (χ4v) is 2.83. The van der Waals surface area contributed by atoms with E-state index >= 15 is 0 Å². The van der Waals surface area contributed by atoms with E-state index in [0.29, 0.717) is 19.5 Å². The molecule has 0 unspecified atom stereocenters. The van der Waals surface area contributed by atoms with Gasteiger partial charge in [0.25, 0.3) is 0 Å². The average Bonchev–Trinajstić information content (AvgIpc) is 2.52. The van der Waals surface area contributed by atoms with Crippen LogP contribution in [0, 0.1) is 5.92 Å². The van der Waals surface area contributed by atoms with E-state index < -0.39 is 17.6 Å². The topological polar surface area (TPSA) is 63.4 Å². The van der Waals surface area contributed by atoms with E-state index in [1.165, 1.54) is 12.1 Å². The summed E-state index contributed by atoms with van der Waals surface area (Å²) in [6.07, 6.45) is -2.84. The molecule has 0 spiro atoms. The second-order valence-electron chi connectivity index (χ2n) is 5.80. The van der Waals surface area contributed by atoms with E-state index in [1.807, 2.05) is 4.90 Å². The Morgan fingerprint density at radius 1 is 1.30 bits per heavy atom. The summed E-state index contributed by atoms with van der Waals surface area (Å²) in [6.45, 7) is 1.68. The number of carbonyl (C=O) groups excluding carboxylic acids is 2. The molecule has 126 valence electrons. The van der Waals surface area contributed by atoms with E-state index in [-0.39, 0.29) is 23.7 Å². The summed E-state index contributed by atoms with van der Waals surface area (Å²) in [6, 6.07) is 4.53. The molecule has 2 rings (SSSR count). The van der Waals surface area contributed by atoms with Gasteiger partial charge < -0.3 is 10.6 Å². The quantitative estimate of drug-likeness (QED) is 0.845. The molecule has 1 amide bonds. The zero-order valence-electron chi connectivity index (χ0n) is 12.6. The molecule has 0 saturated carbocycles. The van der Waals surface area contributed by atoms with Crippen LogP contribution < -0.4 is 5.73 Å². The number of hydrogen-bond donors (Lipinski definition) is 1. The van der Waals surface area contributed by atoms with Crippen LogP contribution in [0.2, 0.25) is 0 Å². The number of carbonyl (C=O) groups is 2. The Balaban J connectivity index is 2.06. The Bertz CT molecular complexity index is 587. The molecule has 1 fully saturated rings. The number of halogens is 3. The molecule has 0 bridgehead atoms. The molecule has 1 atom stereocenters. The third kappa shape index (κ3) is 4.79. The normalized spacial score (nSPS) is 19.5. The number of amides is 1. The highest BCUT2D eigenvalue weighted by Gasteiger charge is 2.32. The monoisotopic (exact) mass is 328 g/mol. The van der Waals surface area contributed by atoms with Gasteiger partial charge in [0.2, 0.25) is 5.91 Å². The lowest BCUT2D eigenvalue weighted by atomic mass is 9.89. The minimum atomic E-state index is -4.46. The number of likely N-dealkylation sites (tertiary alicyclic amines) is 1. The van der Waals surface area contributed by atoms with E-state index in [9.17, 15) is 22.8 Å². The van der Waals surface area contributed by atoms with Crippen molar-refractivity contribution in [1.29, 1.82) is 0 Å². The van der Waals surface area contributed by atoms with Gasteiger partial charge in [-0.05, 0) is 31.5 Å². The van der Waals surface area contributed by atoms with E-state index in [0.717, 1.165) is 25.1 Å². The number of primary amides is 1. The molecule has 23 heavy (non-hydrogen) atoms. The Morgan fingerprint density at radius 3 is 2.70 bits per heavy atom. The first-order chi connectivity index (χ1) is 10.8. The maximum atomic E-state index is 12.7. The second kappa shape index (κ2) is 7.12. The van der Waals surface area contributed by atoms with Gasteiger partial charge in [-0.1, -0.05) is 12.1 Å². The summed E-state index contributed by atoms with van der Waals surface area (Å²) >= 11 is 0. The van der Waals surface area contributed by atoms with Crippen LogP contribution in [0.5, 0.6) is 0 Å². The van der Waals surface area contributed by atoms with Crippen LogP contribution >= 0.6 is 0 Å². The van der Waals surface area contributed by atoms with Gasteiger partial charge in [0.1, 0.15) is 0 Å². The van der Waals surface area contributed by atoms with E-state index in [4.69, 9.17) is 5.73 Å². The summed E-state index contributed by atoms with van der Waals surface area (Å²) in [5, 5.41) is 0. The summed E-state index contributed by atoms with van der Waals surface area (Å²) in [5.74, 6) is -1.03. The van der Waals surface area contributed by atoms with Crippen LogP contribution in [0.1, 0.15) is 35.2 Å². The summed E-state index contributed by atoms with van der Waals surface area (Å²) < 4.78 is 38.2. The molecule has 4 nitrogen and oxygen atoms in total. The minimum absolute atomic E-state index is 0.0848. The number of benzene rings is 1. The average molecular weight is 328 g/mol. The van der Waals surface area contributed by atoms with Crippen LogP contribution in [-0.4, -0.2) is 36.2 Å². The predicted octanol–water partition coefficient (Wildman–Crippen LogP) is 2.48. The zero-order valence-corrected chi connectivity index (χ0v) is 12.6. The van der Waals surface area contributed by atoms with Crippen molar-refractivity contribution in [3.63, 3.8) is 0 Å². The van der Waals surface area contributed by atoms with Gasteiger partial charge in [-0.25, -0.2) is 0 Å². The van der Waals surface area contributed by atoms with Gasteiger partial charge in [0.15, 0.2) is 5.78 Å². The smallest absolute Gasteiger partial charge is 0.370 e. The number of Topliss-reactive ketones (excluding diaryl/α,β-unsaturated/α-hetero) is 1. The Kier molecular flexibility index (Phi) is 5.41. The number of rotatable bonds is 5. The molecule has 7 heteroatoms. The number of nitrogens with zero attached hydrogens (tertiary/aromatic N) is 1. The van der Waals surface area contributed by atoms with Gasteiger partial charge in [-0.15, -0.1) is 0 Å². The molecule has 0 radical (unpaired) electrons. The van der Waals surface area contributed by atoms with Crippen molar-refractivity contribution < 1.29 is 22.8 Å². The SMILES string of the molecule is NC(=O)CCN1CCC[C@H](C(=O)c2cccc(C(F)(F)F)c2)C1. The zero-order chi connectivity index (χ0) is 17.0. The van der Waals surface area contributed by atoms with E-state index in [2.05, 4.69) is 0 Å². The summed E-state index contributed by atoms with van der Waals surface area (Å²) in [7, 11) is 0. The van der Waals surface area contributed by atoms with Crippen LogP contribution in [0.3, 0.4) is 0 Å². The largest absolute Gasteiger partial charge is 0.416 e. The maximum absolute atomic E-state index is 12.7. The lowest BCUT2D eigenvalue weighted by Crippen LogP contribution is -2.40. The molecule has 1 heterocycles. The molecule has 1 aliphatic heterocycles. The molecule has 1 aromatic carbocycles. The van der Waals surface area contributed by atoms with Crippen molar-refractivity contribution in [2.75, 3.05) is 19.6 Å². The van der Waals surface area contributed by atoms with Crippen molar-refractivity contribution in [3.05, 3.63) is 35.4 Å². The van der Waals surface area contributed by atoms with Crippen molar-refractivity contribution in [3.8, 4) is 0 Å². The molecule has 0 aromatic heterocycles. The molecule has 1 aliphatic rings. The van der Waals surface area contributed by atoms with Gasteiger partial charge in [-0.2, -0.15) is 13.2 Å². The Labute approximate surface area is 132 Å². The van der Waals surface area contributed by atoms with Gasteiger partial charge in [0.05, 0.1) is 5.56 Å². The Hall–Kier alpha value is -1.89. The third-order valence-corrected chi connectivity index (χ3v) is 4.03. The third-order valence-electron chi connectivity index (χ3n) is 4.03. The maximum Gasteiger partial charge on any atom is 0.416 e. The van der Waals surface area contributed by atoms with Crippen molar-refractivity contribution in [1.82, 2.24) is 4.90 Å². The standard InChI is InChI=1S/C16H19F3N2O2/c17-16(18,19)13-5-1-3-11(9-13)15(23)12-4-2-7-21(10-12)8-6-14(20)22/h1,3,5,9,12H,2,4,6-8,10H2,(H2,20,22)/t12-/m0/s1. The Morgan fingerprint density at radius 2 is 2.04 bits per heavy atom. The number of piperidine rings is 1. The minimum Gasteiger partial charge on any atom is -0.370 e. The first-order valence-corrected chi connectivity index (χ1v) is 7.49. The first kappa shape index (κ1) is 17.5. The number of alkyl halides is 3. The van der Waals surface area contributed by atoms with Crippen LogP contribution in [0.25, 0.3) is 0 Å². The van der Waals surface area contributed by atoms with Crippen LogP contribution in [0.4, 0.5) is 13.2 Å². The second-order valence-corrected chi connectivity index (χ2v) is 5.80. The van der Waals surface area contributed by atoms with E-state index in [1.54, 1.807) is 0 Å². The van der Waals surface area contributed by atoms with Gasteiger partial charge in [-0.3, -0.25) is 9.59 Å². The molecule has 1 saturated heterocycles. The van der Waals surface area contributed by atoms with Crippen LogP contribution in [0.15, 0.2) is 24.3 Å². The first-order valence-electron chi connectivity index (χ1n) is 7.49. The van der Waals surface area contributed by atoms with Gasteiger partial charge >= 0.3 is 6.18 Å². The molecule has 2 N–H and O–H groups in total. The number of nitrogens with two attached hydrogens (primary N) is 1. The highest BCUT2D eigenvalue weighted by molar-refractivity contribution is 5.98. The van der Waals surface area contributed by atoms with Gasteiger partial charge in [0, 0.05) is 31.0 Å². The fourth-order valence-electron chi connectivity index (χ4n) is 2.83. The number of hydrogen-bond acceptors (Lipinski definition) is 3. The molecular weight excluding hydrogens is 309 g/mol. The van der Waals surface area contributed by atoms with Crippen LogP contribution in [-0.2, 0) is 11.0 Å². The van der Waals surface area contributed by atoms with Crippen molar-refractivity contribution >= 4 is 11.7 Å². The fraction of sp³-hybridized carbons (Fsp3) is 0.500. The lowest BCUT2D eigenvalue weighted by molar-refractivity contribution is -0.137. The molecule has 0 aliphatic carbocycles. The molecule has 1 aromatic rings. The number of ketones is 1. The highest BCUT2D eigenvalue weighted by Crippen LogP contribution is 2.30. The highest BCUT2D eigenvalue weighted by atomic mass is 19.4. The summed E-state index contributed by atoms with van der Waals surface area (Å²) in [5.41, 5.74) is 4.38. The predicted molar refractivity (Wildman–Crippen MR) is 78.7 cm³/mol. The molecular formula is C16H19F3N2O2. The lowest BCUT2D eigenvalue weighted by Gasteiger charge is -2.31. The van der Waals surface area contributed by atoms with Crippen molar-refractivity contribution in [2.45, 2.75) is 25.4 Å².